The first-order valence-corrected chi connectivity index (χ1v) is 22.5. The molecule has 354 valence electrons. The summed E-state index contributed by atoms with van der Waals surface area (Å²) in [7, 11) is 0. The maximum atomic E-state index is 14.6. The molecule has 0 saturated carbocycles. The van der Waals surface area contributed by atoms with Crippen LogP contribution in [0.25, 0.3) is 0 Å². The van der Waals surface area contributed by atoms with Gasteiger partial charge in [-0.1, -0.05) is 149 Å². The van der Waals surface area contributed by atoms with Crippen molar-refractivity contribution in [2.24, 2.45) is 17.8 Å². The van der Waals surface area contributed by atoms with Crippen LogP contribution in [0.4, 0.5) is 4.79 Å². The van der Waals surface area contributed by atoms with Crippen molar-refractivity contribution >= 4 is 35.7 Å². The monoisotopic (exact) mass is 905 g/mol. The zero-order chi connectivity index (χ0) is 48.2. The van der Waals surface area contributed by atoms with E-state index in [0.29, 0.717) is 0 Å². The summed E-state index contributed by atoms with van der Waals surface area (Å²) in [4.78, 5) is 83.6. The Morgan fingerprint density at radius 3 is 1.42 bits per heavy atom. The van der Waals surface area contributed by atoms with Gasteiger partial charge in [0.25, 0.3) is 0 Å². The first kappa shape index (κ1) is 52.1. The number of carbonyl (C=O) groups excluding carboxylic acids is 6. The molecule has 66 heavy (non-hydrogen) atoms. The van der Waals surface area contributed by atoms with Gasteiger partial charge in [-0.3, -0.25) is 24.0 Å². The van der Waals surface area contributed by atoms with E-state index >= 15 is 0 Å². The Bertz CT molecular complexity index is 2150. The smallest absolute Gasteiger partial charge is 0.408 e. The normalized spacial score (nSPS) is 14.1. The highest BCUT2D eigenvalue weighted by Gasteiger charge is 2.36. The molecular formula is C52H67N5O9. The van der Waals surface area contributed by atoms with Crippen molar-refractivity contribution in [2.45, 2.75) is 124 Å². The van der Waals surface area contributed by atoms with E-state index in [-0.39, 0.29) is 38.4 Å². The zero-order valence-electron chi connectivity index (χ0n) is 39.4. The molecule has 0 aromatic heterocycles. The van der Waals surface area contributed by atoms with Crippen LogP contribution in [0.1, 0.15) is 84.1 Å². The second-order valence-corrected chi connectivity index (χ2v) is 18.1. The van der Waals surface area contributed by atoms with E-state index in [1.54, 1.807) is 41.5 Å². The van der Waals surface area contributed by atoms with E-state index in [9.17, 15) is 28.8 Å². The predicted octanol–water partition coefficient (Wildman–Crippen LogP) is 6.56. The summed E-state index contributed by atoms with van der Waals surface area (Å²) >= 11 is 0. The van der Waals surface area contributed by atoms with Crippen LogP contribution in [0.15, 0.2) is 121 Å². The van der Waals surface area contributed by atoms with E-state index in [4.69, 9.17) is 14.2 Å². The fourth-order valence-electron chi connectivity index (χ4n) is 6.91. The van der Waals surface area contributed by atoms with Crippen LogP contribution in [0.3, 0.4) is 0 Å². The molecule has 0 heterocycles. The first-order chi connectivity index (χ1) is 31.4. The number of esters is 1. The summed E-state index contributed by atoms with van der Waals surface area (Å²) in [6, 6.07) is 33.2. The molecule has 5 N–H and O–H groups in total. The lowest BCUT2D eigenvalue weighted by molar-refractivity contribution is -0.155. The average molecular weight is 906 g/mol. The number of nitrogens with one attached hydrogen (secondary N) is 5. The van der Waals surface area contributed by atoms with Gasteiger partial charge in [-0.15, -0.1) is 0 Å². The average Bonchev–Trinajstić information content (AvgIpc) is 3.28. The lowest BCUT2D eigenvalue weighted by atomic mass is 9.96. The molecule has 0 fully saturated rings. The fraction of sp³-hybridized carbons (Fsp3) is 0.423. The molecule has 0 radical (unpaired) electrons. The Hall–Kier alpha value is -6.54. The van der Waals surface area contributed by atoms with Crippen molar-refractivity contribution in [1.29, 1.82) is 0 Å². The third-order valence-corrected chi connectivity index (χ3v) is 10.4. The van der Waals surface area contributed by atoms with Crippen molar-refractivity contribution in [1.82, 2.24) is 26.6 Å². The van der Waals surface area contributed by atoms with Crippen LogP contribution in [-0.4, -0.2) is 71.7 Å². The number of alkyl carbamates (subject to hydrolysis) is 1. The van der Waals surface area contributed by atoms with E-state index in [0.717, 1.165) is 22.3 Å². The van der Waals surface area contributed by atoms with Crippen molar-refractivity contribution in [2.75, 3.05) is 0 Å². The highest BCUT2D eigenvalue weighted by atomic mass is 16.6. The van der Waals surface area contributed by atoms with E-state index in [2.05, 4.69) is 26.6 Å². The highest BCUT2D eigenvalue weighted by Crippen LogP contribution is 2.17. The highest BCUT2D eigenvalue weighted by molar-refractivity contribution is 5.98. The van der Waals surface area contributed by atoms with Gasteiger partial charge in [-0.2, -0.15) is 0 Å². The summed E-state index contributed by atoms with van der Waals surface area (Å²) in [6.45, 7) is 14.2. The quantitative estimate of drug-likeness (QED) is 0.0312. The lowest BCUT2D eigenvalue weighted by Gasteiger charge is -2.31. The molecule has 4 aromatic rings. The number of hydrogen-bond acceptors (Lipinski definition) is 9. The standard InChI is InChI=1S/C52H67N5O9/c1-34(2)29-41(50(62)65-33-40-27-19-12-20-28-40)46(58)56-45(36(5)64-32-39-25-17-11-18-26-39)57-48(60)42(30-37-21-13-9-14-22-37)53-49(61)44(35(3)4)55-47(59)43(31-38-23-15-10-16-24-38)54-51(63)66-52(6,7)8/h9-28,34-36,41-45H,29-33H2,1-8H3,(H,53,61)(H,54,63)(H,55,59)(H,56,58)(H,57,60)/t36-,41?,42+,43+,44+,45+/m1/s1. The molecule has 0 aliphatic rings. The van der Waals surface area contributed by atoms with Gasteiger partial charge >= 0.3 is 12.1 Å². The minimum Gasteiger partial charge on any atom is -0.460 e. The molecular weight excluding hydrogens is 839 g/mol. The van der Waals surface area contributed by atoms with Crippen LogP contribution >= 0.6 is 0 Å². The van der Waals surface area contributed by atoms with Crippen LogP contribution in [0.2, 0.25) is 0 Å². The molecule has 0 saturated heterocycles. The van der Waals surface area contributed by atoms with Gasteiger partial charge < -0.3 is 40.8 Å². The molecule has 4 aromatic carbocycles. The Morgan fingerprint density at radius 2 is 0.955 bits per heavy atom. The fourth-order valence-corrected chi connectivity index (χ4v) is 6.91. The van der Waals surface area contributed by atoms with Gasteiger partial charge in [-0.05, 0) is 68.2 Å². The zero-order valence-corrected chi connectivity index (χ0v) is 39.4. The molecule has 0 aliphatic heterocycles. The molecule has 6 atom stereocenters. The van der Waals surface area contributed by atoms with Gasteiger partial charge in [0.1, 0.15) is 42.4 Å². The second kappa shape index (κ2) is 25.8. The second-order valence-electron chi connectivity index (χ2n) is 18.1. The van der Waals surface area contributed by atoms with Gasteiger partial charge in [0.05, 0.1) is 12.7 Å². The third kappa shape index (κ3) is 18.1. The molecule has 5 amide bonds. The van der Waals surface area contributed by atoms with Gasteiger partial charge in [0.15, 0.2) is 0 Å². The Labute approximate surface area is 389 Å². The van der Waals surface area contributed by atoms with Gasteiger partial charge in [-0.25, -0.2) is 4.79 Å². The minimum absolute atomic E-state index is 0.0229. The van der Waals surface area contributed by atoms with Crippen molar-refractivity contribution in [3.63, 3.8) is 0 Å². The molecule has 14 heteroatoms. The summed E-state index contributed by atoms with van der Waals surface area (Å²) in [5, 5.41) is 14.1. The number of ether oxygens (including phenoxy) is 3. The Morgan fingerprint density at radius 1 is 0.515 bits per heavy atom. The molecule has 0 aliphatic carbocycles. The molecule has 0 spiro atoms. The van der Waals surface area contributed by atoms with Crippen molar-refractivity contribution in [3.05, 3.63) is 144 Å². The summed E-state index contributed by atoms with van der Waals surface area (Å²) in [5.41, 5.74) is 2.27. The van der Waals surface area contributed by atoms with Crippen molar-refractivity contribution < 1.29 is 43.0 Å². The van der Waals surface area contributed by atoms with Crippen LogP contribution in [-0.2, 0) is 64.2 Å². The largest absolute Gasteiger partial charge is 0.460 e. The molecule has 14 nitrogen and oxygen atoms in total. The molecule has 4 rings (SSSR count). The summed E-state index contributed by atoms with van der Waals surface area (Å²) in [6.07, 6.45) is -2.50. The van der Waals surface area contributed by atoms with Crippen LogP contribution in [0, 0.1) is 17.8 Å². The number of rotatable bonds is 23. The molecule has 1 unspecified atom stereocenters. The van der Waals surface area contributed by atoms with Gasteiger partial charge in [0, 0.05) is 12.8 Å². The van der Waals surface area contributed by atoms with E-state index in [1.165, 1.54) is 0 Å². The number of hydrogen-bond donors (Lipinski definition) is 5. The maximum Gasteiger partial charge on any atom is 0.408 e. The Kier molecular flexibility index (Phi) is 20.4. The van der Waals surface area contributed by atoms with Gasteiger partial charge in [0.2, 0.25) is 23.6 Å². The topological polar surface area (TPSA) is 190 Å². The molecule has 0 bridgehead atoms. The number of amides is 5. The SMILES string of the molecule is CC(C)CC(C(=O)N[C@@H](NC(=O)[C@H](Cc1ccccc1)NC(=O)[C@@H](NC(=O)[C@H](Cc1ccccc1)NC(=O)OC(C)(C)C)C(C)C)[C@@H](C)OCc1ccccc1)C(=O)OCc1ccccc1. The number of carbonyl (C=O) groups is 6. The lowest BCUT2D eigenvalue weighted by Crippen LogP contribution is -2.62. The van der Waals surface area contributed by atoms with E-state index in [1.807, 2.05) is 135 Å². The minimum atomic E-state index is -1.22. The van der Waals surface area contributed by atoms with Crippen LogP contribution in [0.5, 0.6) is 0 Å². The van der Waals surface area contributed by atoms with Crippen LogP contribution < -0.4 is 26.6 Å². The summed E-state index contributed by atoms with van der Waals surface area (Å²) in [5.74, 6) is -5.07. The first-order valence-electron chi connectivity index (χ1n) is 22.5. The Balaban J connectivity index is 1.60. The predicted molar refractivity (Wildman–Crippen MR) is 252 cm³/mol. The van der Waals surface area contributed by atoms with E-state index < -0.39 is 83.5 Å². The maximum absolute atomic E-state index is 14.6. The third-order valence-electron chi connectivity index (χ3n) is 10.4. The summed E-state index contributed by atoms with van der Waals surface area (Å²) < 4.78 is 17.3. The van der Waals surface area contributed by atoms with Crippen molar-refractivity contribution in [3.8, 4) is 0 Å². The number of benzene rings is 4.